The molecule has 0 amide bonds. The Morgan fingerprint density at radius 2 is 1.67 bits per heavy atom. The molecule has 2 aromatic carbocycles. The SMILES string of the molecule is CN(C)c1ccc(-c2nnc3sc(-c4ccc5c(c4)OCCO5)nn23)cc1. The van der Waals surface area contributed by atoms with E-state index in [-0.39, 0.29) is 0 Å². The van der Waals surface area contributed by atoms with Crippen molar-refractivity contribution < 1.29 is 9.47 Å². The number of fused-ring (bicyclic) bond motifs is 2. The van der Waals surface area contributed by atoms with E-state index in [4.69, 9.17) is 14.6 Å². The van der Waals surface area contributed by atoms with Gasteiger partial charge in [-0.1, -0.05) is 11.3 Å². The lowest BCUT2D eigenvalue weighted by atomic mass is 10.2. The van der Waals surface area contributed by atoms with E-state index in [9.17, 15) is 0 Å². The van der Waals surface area contributed by atoms with Gasteiger partial charge in [0.1, 0.15) is 18.2 Å². The first-order valence-corrected chi connectivity index (χ1v) is 9.41. The fourth-order valence-electron chi connectivity index (χ4n) is 3.00. The summed E-state index contributed by atoms with van der Waals surface area (Å²) in [5.74, 6) is 2.26. The zero-order valence-electron chi connectivity index (χ0n) is 14.9. The van der Waals surface area contributed by atoms with Crippen LogP contribution in [0.4, 0.5) is 5.69 Å². The third kappa shape index (κ3) is 2.78. The molecule has 3 heterocycles. The van der Waals surface area contributed by atoms with Crippen molar-refractivity contribution in [1.82, 2.24) is 19.8 Å². The first-order valence-electron chi connectivity index (χ1n) is 8.59. The maximum absolute atomic E-state index is 5.68. The summed E-state index contributed by atoms with van der Waals surface area (Å²) in [7, 11) is 4.04. The van der Waals surface area contributed by atoms with Crippen LogP contribution in [0.5, 0.6) is 11.5 Å². The van der Waals surface area contributed by atoms with E-state index in [2.05, 4.69) is 27.2 Å². The smallest absolute Gasteiger partial charge is 0.235 e. The molecule has 4 aromatic rings. The molecule has 0 saturated carbocycles. The molecule has 8 heteroatoms. The second-order valence-electron chi connectivity index (χ2n) is 6.42. The molecule has 0 N–H and O–H groups in total. The minimum Gasteiger partial charge on any atom is -0.486 e. The first-order chi connectivity index (χ1) is 13.2. The van der Waals surface area contributed by atoms with Gasteiger partial charge in [-0.3, -0.25) is 0 Å². The van der Waals surface area contributed by atoms with E-state index in [1.807, 2.05) is 44.4 Å². The molecular weight excluding hydrogens is 362 g/mol. The number of aromatic nitrogens is 4. The zero-order chi connectivity index (χ0) is 18.4. The molecule has 0 bridgehead atoms. The van der Waals surface area contributed by atoms with Gasteiger partial charge in [0.2, 0.25) is 4.96 Å². The highest BCUT2D eigenvalue weighted by Crippen LogP contribution is 2.36. The maximum atomic E-state index is 5.68. The van der Waals surface area contributed by atoms with Crippen LogP contribution in [0.15, 0.2) is 42.5 Å². The van der Waals surface area contributed by atoms with Gasteiger partial charge in [-0.25, -0.2) is 0 Å². The van der Waals surface area contributed by atoms with Gasteiger partial charge in [0.25, 0.3) is 0 Å². The number of benzene rings is 2. The summed E-state index contributed by atoms with van der Waals surface area (Å²) in [5, 5.41) is 14.2. The summed E-state index contributed by atoms with van der Waals surface area (Å²) in [6, 6.07) is 14.1. The van der Waals surface area contributed by atoms with Gasteiger partial charge in [0.15, 0.2) is 17.3 Å². The summed E-state index contributed by atoms with van der Waals surface area (Å²) >= 11 is 1.50. The predicted molar refractivity (Wildman–Crippen MR) is 105 cm³/mol. The molecule has 0 aliphatic carbocycles. The minimum atomic E-state index is 0.564. The van der Waals surface area contributed by atoms with Gasteiger partial charge in [-0.2, -0.15) is 9.61 Å². The second kappa shape index (κ2) is 6.24. The van der Waals surface area contributed by atoms with Crippen LogP contribution >= 0.6 is 11.3 Å². The summed E-state index contributed by atoms with van der Waals surface area (Å²) in [4.78, 5) is 2.82. The van der Waals surface area contributed by atoms with Crippen molar-refractivity contribution in [1.29, 1.82) is 0 Å². The Bertz CT molecular complexity index is 1120. The molecular formula is C19H17N5O2S. The van der Waals surface area contributed by atoms with E-state index in [1.54, 1.807) is 4.52 Å². The molecule has 1 aliphatic heterocycles. The largest absolute Gasteiger partial charge is 0.486 e. The van der Waals surface area contributed by atoms with Crippen molar-refractivity contribution in [3.05, 3.63) is 42.5 Å². The zero-order valence-corrected chi connectivity index (χ0v) is 15.7. The lowest BCUT2D eigenvalue weighted by Gasteiger charge is -2.18. The Kier molecular flexibility index (Phi) is 3.71. The molecule has 2 aromatic heterocycles. The molecule has 27 heavy (non-hydrogen) atoms. The van der Waals surface area contributed by atoms with Crippen LogP contribution in [0, 0.1) is 0 Å². The van der Waals surface area contributed by atoms with Crippen LogP contribution in [0.2, 0.25) is 0 Å². The van der Waals surface area contributed by atoms with Crippen molar-refractivity contribution in [3.8, 4) is 33.5 Å². The Hall–Kier alpha value is -3.13. The average Bonchev–Trinajstić information content (AvgIpc) is 3.28. The Balaban J connectivity index is 1.53. The van der Waals surface area contributed by atoms with Gasteiger partial charge < -0.3 is 14.4 Å². The van der Waals surface area contributed by atoms with E-state index >= 15 is 0 Å². The van der Waals surface area contributed by atoms with Crippen molar-refractivity contribution in [2.75, 3.05) is 32.2 Å². The number of anilines is 1. The normalized spacial score (nSPS) is 13.1. The van der Waals surface area contributed by atoms with Crippen LogP contribution in [0.1, 0.15) is 0 Å². The highest BCUT2D eigenvalue weighted by Gasteiger charge is 2.17. The van der Waals surface area contributed by atoms with E-state index < -0.39 is 0 Å². The van der Waals surface area contributed by atoms with Gasteiger partial charge in [-0.05, 0) is 42.5 Å². The minimum absolute atomic E-state index is 0.564. The number of ether oxygens (including phenoxy) is 2. The molecule has 0 fully saturated rings. The standard InChI is InChI=1S/C19H17N5O2S/c1-23(2)14-6-3-12(4-7-14)17-20-21-19-24(17)22-18(27-19)13-5-8-15-16(11-13)26-10-9-25-15/h3-8,11H,9-10H2,1-2H3. The van der Waals surface area contributed by atoms with Gasteiger partial charge >= 0.3 is 0 Å². The molecule has 0 radical (unpaired) electrons. The quantitative estimate of drug-likeness (QED) is 0.544. The summed E-state index contributed by atoms with van der Waals surface area (Å²) in [6.45, 7) is 1.15. The van der Waals surface area contributed by atoms with Crippen LogP contribution in [0.25, 0.3) is 26.9 Å². The van der Waals surface area contributed by atoms with E-state index in [0.717, 1.165) is 44.1 Å². The summed E-state index contributed by atoms with van der Waals surface area (Å²) in [5.41, 5.74) is 3.09. The third-order valence-corrected chi connectivity index (χ3v) is 5.37. The van der Waals surface area contributed by atoms with Crippen molar-refractivity contribution in [3.63, 3.8) is 0 Å². The van der Waals surface area contributed by atoms with E-state index in [0.29, 0.717) is 13.2 Å². The third-order valence-electron chi connectivity index (χ3n) is 4.42. The molecule has 0 unspecified atom stereocenters. The van der Waals surface area contributed by atoms with Crippen molar-refractivity contribution >= 4 is 22.0 Å². The highest BCUT2D eigenvalue weighted by atomic mass is 32.1. The fraction of sp³-hybridized carbons (Fsp3) is 0.211. The lowest BCUT2D eigenvalue weighted by molar-refractivity contribution is 0.171. The monoisotopic (exact) mass is 379 g/mol. The van der Waals surface area contributed by atoms with Crippen LogP contribution < -0.4 is 14.4 Å². The van der Waals surface area contributed by atoms with Crippen LogP contribution in [-0.2, 0) is 0 Å². The predicted octanol–water partition coefficient (Wildman–Crippen LogP) is 3.36. The van der Waals surface area contributed by atoms with Crippen LogP contribution in [0.3, 0.4) is 0 Å². The second-order valence-corrected chi connectivity index (χ2v) is 7.38. The molecule has 7 nitrogen and oxygen atoms in total. The number of nitrogens with zero attached hydrogens (tertiary/aromatic N) is 5. The molecule has 1 aliphatic rings. The molecule has 0 saturated heterocycles. The first kappa shape index (κ1) is 16.1. The van der Waals surface area contributed by atoms with Crippen LogP contribution in [-0.4, -0.2) is 47.1 Å². The van der Waals surface area contributed by atoms with Gasteiger partial charge in [0.05, 0.1) is 0 Å². The topological polar surface area (TPSA) is 64.8 Å². The number of hydrogen-bond donors (Lipinski definition) is 0. The Labute approximate surface area is 159 Å². The number of rotatable bonds is 3. The van der Waals surface area contributed by atoms with Gasteiger partial charge in [0, 0.05) is 30.9 Å². The van der Waals surface area contributed by atoms with Crippen molar-refractivity contribution in [2.24, 2.45) is 0 Å². The summed E-state index contributed by atoms with van der Waals surface area (Å²) in [6.07, 6.45) is 0. The molecule has 136 valence electrons. The average molecular weight is 379 g/mol. The number of hydrogen-bond acceptors (Lipinski definition) is 7. The highest BCUT2D eigenvalue weighted by molar-refractivity contribution is 7.19. The van der Waals surface area contributed by atoms with Crippen molar-refractivity contribution in [2.45, 2.75) is 0 Å². The summed E-state index contributed by atoms with van der Waals surface area (Å²) < 4.78 is 13.1. The fourth-order valence-corrected chi connectivity index (χ4v) is 3.83. The molecule has 5 rings (SSSR count). The molecule has 0 spiro atoms. The van der Waals surface area contributed by atoms with E-state index in [1.165, 1.54) is 11.3 Å². The molecule has 0 atom stereocenters. The Morgan fingerprint density at radius 1 is 0.926 bits per heavy atom. The van der Waals surface area contributed by atoms with Gasteiger partial charge in [-0.15, -0.1) is 10.2 Å². The Morgan fingerprint density at radius 3 is 2.44 bits per heavy atom. The lowest BCUT2D eigenvalue weighted by Crippen LogP contribution is -2.15. The maximum Gasteiger partial charge on any atom is 0.235 e.